The molecule has 2 atom stereocenters. The van der Waals surface area contributed by atoms with E-state index in [0.717, 1.165) is 11.4 Å². The van der Waals surface area contributed by atoms with Gasteiger partial charge >= 0.3 is 0 Å². The van der Waals surface area contributed by atoms with E-state index in [1.165, 1.54) is 33.1 Å². The maximum Gasteiger partial charge on any atom is 0.267 e. The summed E-state index contributed by atoms with van der Waals surface area (Å²) in [7, 11) is 0. The fourth-order valence-electron chi connectivity index (χ4n) is 2.05. The largest absolute Gasteiger partial charge is 0.327 e. The van der Waals surface area contributed by atoms with Gasteiger partial charge < -0.3 is 5.73 Å². The Morgan fingerprint density at radius 3 is 2.74 bits per heavy atom. The highest BCUT2D eigenvalue weighted by Gasteiger charge is 2.37. The Balaban J connectivity index is 1.76. The minimum Gasteiger partial charge on any atom is -0.327 e. The van der Waals surface area contributed by atoms with Gasteiger partial charge in [-0.25, -0.2) is 0 Å². The van der Waals surface area contributed by atoms with E-state index in [0.29, 0.717) is 15.9 Å². The van der Waals surface area contributed by atoms with Gasteiger partial charge in [0.2, 0.25) is 5.13 Å². The SMILES string of the molecule is Cc1nnc(NC(=O)c2cc([C@@H]3C[C@H]3N)c(C)s2)s1. The molecule has 0 spiro atoms. The zero-order valence-electron chi connectivity index (χ0n) is 10.6. The minimum absolute atomic E-state index is 0.121. The zero-order valence-corrected chi connectivity index (χ0v) is 12.3. The first-order chi connectivity index (χ1) is 9.04. The van der Waals surface area contributed by atoms with E-state index < -0.39 is 0 Å². The molecule has 3 rings (SSSR count). The molecular formula is C12H14N4OS2. The minimum atomic E-state index is -0.121. The third kappa shape index (κ3) is 2.54. The molecule has 7 heteroatoms. The molecule has 0 bridgehead atoms. The van der Waals surface area contributed by atoms with E-state index in [1.807, 2.05) is 19.9 Å². The first kappa shape index (κ1) is 12.7. The average Bonchev–Trinajstić information content (AvgIpc) is 2.75. The van der Waals surface area contributed by atoms with Gasteiger partial charge in [0.1, 0.15) is 5.01 Å². The molecular weight excluding hydrogens is 280 g/mol. The number of aromatic nitrogens is 2. The summed E-state index contributed by atoms with van der Waals surface area (Å²) >= 11 is 2.88. The number of aryl methyl sites for hydroxylation is 2. The summed E-state index contributed by atoms with van der Waals surface area (Å²) in [4.78, 5) is 14.0. The van der Waals surface area contributed by atoms with Crippen molar-refractivity contribution in [2.45, 2.75) is 32.2 Å². The van der Waals surface area contributed by atoms with Gasteiger partial charge in [-0.3, -0.25) is 10.1 Å². The Morgan fingerprint density at radius 1 is 1.42 bits per heavy atom. The molecule has 0 aromatic carbocycles. The molecule has 2 aromatic heterocycles. The van der Waals surface area contributed by atoms with Gasteiger partial charge in [-0.15, -0.1) is 21.5 Å². The van der Waals surface area contributed by atoms with Crippen molar-refractivity contribution in [2.75, 3.05) is 5.32 Å². The van der Waals surface area contributed by atoms with Crippen LogP contribution in [0.4, 0.5) is 5.13 Å². The average molecular weight is 294 g/mol. The number of carbonyl (C=O) groups is 1. The van der Waals surface area contributed by atoms with Crippen LogP contribution in [0, 0.1) is 13.8 Å². The predicted molar refractivity (Wildman–Crippen MR) is 77.0 cm³/mol. The standard InChI is InChI=1S/C12H14N4OS2/c1-5-7(8-3-9(8)13)4-10(18-5)11(17)14-12-16-15-6(2)19-12/h4,8-9H,3,13H2,1-2H3,(H,14,16,17)/t8-,9+/m0/s1. The second-order valence-electron chi connectivity index (χ2n) is 4.71. The molecule has 5 nitrogen and oxygen atoms in total. The zero-order chi connectivity index (χ0) is 13.6. The number of thiophene rings is 1. The van der Waals surface area contributed by atoms with Crippen molar-refractivity contribution in [3.63, 3.8) is 0 Å². The first-order valence-corrected chi connectivity index (χ1v) is 7.65. The maximum absolute atomic E-state index is 12.1. The Bertz CT molecular complexity index is 633. The lowest BCUT2D eigenvalue weighted by Crippen LogP contribution is -2.09. The van der Waals surface area contributed by atoms with Crippen molar-refractivity contribution in [2.24, 2.45) is 5.73 Å². The van der Waals surface area contributed by atoms with Crippen LogP contribution in [0.5, 0.6) is 0 Å². The summed E-state index contributed by atoms with van der Waals surface area (Å²) in [6, 6.07) is 2.22. The third-order valence-corrected chi connectivity index (χ3v) is 4.98. The fourth-order valence-corrected chi connectivity index (χ4v) is 3.63. The second kappa shape index (κ2) is 4.66. The van der Waals surface area contributed by atoms with Crippen molar-refractivity contribution >= 4 is 33.7 Å². The Morgan fingerprint density at radius 2 is 2.16 bits per heavy atom. The Hall–Kier alpha value is -1.31. The molecule has 100 valence electrons. The van der Waals surface area contributed by atoms with Gasteiger partial charge in [0.15, 0.2) is 0 Å². The number of rotatable bonds is 3. The molecule has 1 aliphatic carbocycles. The number of nitrogens with zero attached hydrogens (tertiary/aromatic N) is 2. The van der Waals surface area contributed by atoms with Crippen LogP contribution in [-0.2, 0) is 0 Å². The molecule has 0 radical (unpaired) electrons. The number of hydrogen-bond acceptors (Lipinski definition) is 6. The summed E-state index contributed by atoms with van der Waals surface area (Å²) < 4.78 is 0. The van der Waals surface area contributed by atoms with Crippen LogP contribution >= 0.6 is 22.7 Å². The molecule has 0 aliphatic heterocycles. The van der Waals surface area contributed by atoms with E-state index in [-0.39, 0.29) is 11.9 Å². The lowest BCUT2D eigenvalue weighted by Gasteiger charge is -1.96. The van der Waals surface area contributed by atoms with E-state index in [1.54, 1.807) is 0 Å². The molecule has 0 saturated heterocycles. The number of amides is 1. The lowest BCUT2D eigenvalue weighted by molar-refractivity contribution is 0.103. The van der Waals surface area contributed by atoms with E-state index >= 15 is 0 Å². The van der Waals surface area contributed by atoms with Gasteiger partial charge in [-0.2, -0.15) is 0 Å². The van der Waals surface area contributed by atoms with Crippen LogP contribution in [0.2, 0.25) is 0 Å². The molecule has 2 heterocycles. The van der Waals surface area contributed by atoms with E-state index in [9.17, 15) is 4.79 Å². The van der Waals surface area contributed by atoms with Crippen LogP contribution in [-0.4, -0.2) is 22.1 Å². The first-order valence-electron chi connectivity index (χ1n) is 6.02. The van der Waals surface area contributed by atoms with E-state index in [2.05, 4.69) is 15.5 Å². The summed E-state index contributed by atoms with van der Waals surface area (Å²) in [6.07, 6.45) is 1.02. The number of anilines is 1. The Kier molecular flexibility index (Phi) is 3.12. The van der Waals surface area contributed by atoms with Crippen LogP contribution in [0.25, 0.3) is 0 Å². The molecule has 2 aromatic rings. The number of hydrogen-bond donors (Lipinski definition) is 2. The monoisotopic (exact) mass is 294 g/mol. The van der Waals surface area contributed by atoms with Crippen molar-refractivity contribution in [3.8, 4) is 0 Å². The van der Waals surface area contributed by atoms with Crippen molar-refractivity contribution in [1.29, 1.82) is 0 Å². The molecule has 1 amide bonds. The van der Waals surface area contributed by atoms with Crippen molar-refractivity contribution < 1.29 is 4.79 Å². The maximum atomic E-state index is 12.1. The van der Waals surface area contributed by atoms with Gasteiger partial charge in [0.25, 0.3) is 5.91 Å². The molecule has 19 heavy (non-hydrogen) atoms. The number of nitrogens with two attached hydrogens (primary N) is 1. The molecule has 0 unspecified atom stereocenters. The van der Waals surface area contributed by atoms with Gasteiger partial charge in [0, 0.05) is 16.8 Å². The smallest absolute Gasteiger partial charge is 0.267 e. The summed E-state index contributed by atoms with van der Waals surface area (Å²) in [5.41, 5.74) is 7.09. The van der Waals surface area contributed by atoms with Gasteiger partial charge in [0.05, 0.1) is 4.88 Å². The van der Waals surface area contributed by atoms with Gasteiger partial charge in [-0.1, -0.05) is 11.3 Å². The third-order valence-electron chi connectivity index (χ3n) is 3.17. The highest BCUT2D eigenvalue weighted by Crippen LogP contribution is 2.43. The summed E-state index contributed by atoms with van der Waals surface area (Å²) in [5, 5.41) is 11.9. The molecule has 1 aliphatic rings. The normalized spacial score (nSPS) is 21.4. The second-order valence-corrected chi connectivity index (χ2v) is 7.15. The Labute approximate surface area is 118 Å². The molecule has 1 fully saturated rings. The summed E-state index contributed by atoms with van der Waals surface area (Å²) in [6.45, 7) is 3.89. The fraction of sp³-hybridized carbons (Fsp3) is 0.417. The lowest BCUT2D eigenvalue weighted by atomic mass is 10.1. The quantitative estimate of drug-likeness (QED) is 0.910. The summed E-state index contributed by atoms with van der Waals surface area (Å²) in [5.74, 6) is 0.311. The number of carbonyl (C=O) groups excluding carboxylic acids is 1. The van der Waals surface area contributed by atoms with Crippen LogP contribution in [0.1, 0.15) is 37.5 Å². The highest BCUT2D eigenvalue weighted by atomic mass is 32.1. The predicted octanol–water partition coefficient (Wildman–Crippen LogP) is 2.28. The molecule has 1 saturated carbocycles. The van der Waals surface area contributed by atoms with E-state index in [4.69, 9.17) is 5.73 Å². The topological polar surface area (TPSA) is 80.9 Å². The van der Waals surface area contributed by atoms with Crippen LogP contribution in [0.15, 0.2) is 6.07 Å². The highest BCUT2D eigenvalue weighted by molar-refractivity contribution is 7.16. The van der Waals surface area contributed by atoms with Crippen molar-refractivity contribution in [3.05, 3.63) is 26.4 Å². The van der Waals surface area contributed by atoms with Crippen LogP contribution < -0.4 is 11.1 Å². The number of nitrogens with one attached hydrogen (secondary N) is 1. The van der Waals surface area contributed by atoms with Crippen LogP contribution in [0.3, 0.4) is 0 Å². The van der Waals surface area contributed by atoms with Crippen molar-refractivity contribution in [1.82, 2.24) is 10.2 Å². The molecule has 3 N–H and O–H groups in total. The van der Waals surface area contributed by atoms with Gasteiger partial charge in [-0.05, 0) is 31.9 Å².